The standard InChI is InChI=1S/C34H37F2N7O2.C2HF3O2/c1-6-42(24-10-7-9-21(4)17-24)16-15-37-33-40-29(25-18-23(14-13-22(25)5)32(44)39-20(2)3)26-19-38-34(45)43(31(26)41-33)30-27(35)11-8-12-28(30)36;3-2(4,5)1(6)7/h7-14,17-18,20H,6,15-16,19H2,1-5H3,(H,38,45)(H,39,44)(H,37,40,41);(H,6,7). The lowest BCUT2D eigenvalue weighted by Gasteiger charge is -2.31. The quantitative estimate of drug-likeness (QED) is 0.127. The van der Waals surface area contributed by atoms with Crippen molar-refractivity contribution < 1.29 is 41.4 Å². The van der Waals surface area contributed by atoms with Crippen LogP contribution in [-0.4, -0.2) is 64.8 Å². The number of amides is 3. The number of hydrogen-bond donors (Lipinski definition) is 4. The third kappa shape index (κ3) is 9.30. The van der Waals surface area contributed by atoms with Crippen LogP contribution in [0.3, 0.4) is 0 Å². The molecule has 4 N–H and O–H groups in total. The zero-order chi connectivity index (χ0) is 38.3. The highest BCUT2D eigenvalue weighted by molar-refractivity contribution is 6.02. The van der Waals surface area contributed by atoms with Gasteiger partial charge in [-0.05, 0) is 82.1 Å². The summed E-state index contributed by atoms with van der Waals surface area (Å²) in [4.78, 5) is 47.6. The number of aryl methyl sites for hydroxylation is 2. The van der Waals surface area contributed by atoms with E-state index in [2.05, 4.69) is 44.9 Å². The Morgan fingerprint density at radius 2 is 1.67 bits per heavy atom. The Labute approximate surface area is 296 Å². The van der Waals surface area contributed by atoms with Gasteiger partial charge in [0.2, 0.25) is 5.95 Å². The molecule has 0 radical (unpaired) electrons. The predicted octanol–water partition coefficient (Wildman–Crippen LogP) is 7.11. The number of anilines is 4. The molecule has 4 aromatic rings. The van der Waals surface area contributed by atoms with Crippen molar-refractivity contribution in [3.8, 4) is 11.3 Å². The van der Waals surface area contributed by atoms with Crippen LogP contribution in [0, 0.1) is 25.5 Å². The first-order chi connectivity index (χ1) is 24.5. The van der Waals surface area contributed by atoms with Crippen molar-refractivity contribution >= 4 is 41.0 Å². The molecular formula is C36H38F5N7O4. The molecule has 0 bridgehead atoms. The van der Waals surface area contributed by atoms with E-state index in [0.29, 0.717) is 35.5 Å². The number of para-hydroxylation sites is 1. The number of carbonyl (C=O) groups is 3. The van der Waals surface area contributed by atoms with E-state index in [9.17, 15) is 22.8 Å². The zero-order valence-electron chi connectivity index (χ0n) is 29.0. The van der Waals surface area contributed by atoms with E-state index in [1.807, 2.05) is 45.9 Å². The van der Waals surface area contributed by atoms with Crippen molar-refractivity contribution in [2.45, 2.75) is 53.4 Å². The summed E-state index contributed by atoms with van der Waals surface area (Å²) in [6.45, 7) is 11.6. The van der Waals surface area contributed by atoms with Gasteiger partial charge in [0.15, 0.2) is 5.82 Å². The van der Waals surface area contributed by atoms with Gasteiger partial charge in [0.1, 0.15) is 17.3 Å². The summed E-state index contributed by atoms with van der Waals surface area (Å²) < 4.78 is 61.9. The molecule has 5 rings (SSSR count). The maximum atomic E-state index is 15.1. The van der Waals surface area contributed by atoms with Crippen LogP contribution in [0.15, 0.2) is 60.7 Å². The minimum absolute atomic E-state index is 0.0230. The molecule has 0 unspecified atom stereocenters. The second kappa shape index (κ2) is 16.5. The summed E-state index contributed by atoms with van der Waals surface area (Å²) >= 11 is 0. The number of rotatable bonds is 10. The molecule has 1 aliphatic rings. The molecule has 0 saturated heterocycles. The van der Waals surface area contributed by atoms with Crippen molar-refractivity contribution in [2.24, 2.45) is 0 Å². The van der Waals surface area contributed by atoms with Gasteiger partial charge >= 0.3 is 18.2 Å². The summed E-state index contributed by atoms with van der Waals surface area (Å²) in [7, 11) is 0. The minimum atomic E-state index is -5.08. The average molecular weight is 728 g/mol. The highest BCUT2D eigenvalue weighted by Gasteiger charge is 2.38. The number of nitrogens with zero attached hydrogens (tertiary/aromatic N) is 4. The number of likely N-dealkylation sites (N-methyl/N-ethyl adjacent to an activating group) is 1. The van der Waals surface area contributed by atoms with Crippen molar-refractivity contribution in [1.29, 1.82) is 0 Å². The van der Waals surface area contributed by atoms with E-state index in [-0.39, 0.29) is 30.3 Å². The van der Waals surface area contributed by atoms with E-state index < -0.39 is 35.5 Å². The molecular weight excluding hydrogens is 689 g/mol. The normalized spacial score (nSPS) is 12.4. The van der Waals surface area contributed by atoms with Crippen LogP contribution in [-0.2, 0) is 11.3 Å². The smallest absolute Gasteiger partial charge is 0.475 e. The van der Waals surface area contributed by atoms with Crippen LogP contribution >= 0.6 is 0 Å². The number of alkyl halides is 3. The second-order valence-corrected chi connectivity index (χ2v) is 12.1. The Hall–Kier alpha value is -5.80. The fourth-order valence-corrected chi connectivity index (χ4v) is 5.33. The maximum Gasteiger partial charge on any atom is 0.490 e. The first kappa shape index (κ1) is 39.0. The zero-order valence-corrected chi connectivity index (χ0v) is 29.0. The Morgan fingerprint density at radius 3 is 2.27 bits per heavy atom. The number of urea groups is 1. The van der Waals surface area contributed by atoms with Crippen LogP contribution in [0.25, 0.3) is 11.3 Å². The fraction of sp³-hybridized carbons (Fsp3) is 0.306. The molecule has 276 valence electrons. The SMILES string of the molecule is CCN(CCNc1nc(-c2cc(C(=O)NC(C)C)ccc2C)c2c(n1)N(c1c(F)cccc1F)C(=O)NC2)c1cccc(C)c1.O=C(O)C(F)(F)F. The van der Waals surface area contributed by atoms with Gasteiger partial charge in [0.25, 0.3) is 5.91 Å². The third-order valence-corrected chi connectivity index (χ3v) is 7.81. The lowest BCUT2D eigenvalue weighted by molar-refractivity contribution is -0.192. The van der Waals surface area contributed by atoms with E-state index >= 15 is 8.78 Å². The number of carbonyl (C=O) groups excluding carboxylic acids is 2. The minimum Gasteiger partial charge on any atom is -0.475 e. The Bertz CT molecular complexity index is 1930. The summed E-state index contributed by atoms with van der Waals surface area (Å²) in [5.41, 5.74) is 4.48. The lowest BCUT2D eigenvalue weighted by Crippen LogP contribution is -2.43. The topological polar surface area (TPSA) is 140 Å². The number of hydrogen-bond acceptors (Lipinski definition) is 7. The third-order valence-electron chi connectivity index (χ3n) is 7.81. The predicted molar refractivity (Wildman–Crippen MR) is 187 cm³/mol. The number of halogens is 5. The van der Waals surface area contributed by atoms with Crippen LogP contribution in [0.1, 0.15) is 47.8 Å². The van der Waals surface area contributed by atoms with Crippen LogP contribution in [0.2, 0.25) is 0 Å². The van der Waals surface area contributed by atoms with Crippen LogP contribution < -0.4 is 25.8 Å². The monoisotopic (exact) mass is 727 g/mol. The number of nitrogens with one attached hydrogen (secondary N) is 3. The van der Waals surface area contributed by atoms with Crippen molar-refractivity contribution in [3.05, 3.63) is 94.6 Å². The number of aromatic nitrogens is 2. The van der Waals surface area contributed by atoms with Gasteiger partial charge in [0, 0.05) is 48.1 Å². The molecule has 0 saturated carbocycles. The Kier molecular flexibility index (Phi) is 12.4. The molecule has 52 heavy (non-hydrogen) atoms. The van der Waals surface area contributed by atoms with E-state index in [4.69, 9.17) is 14.9 Å². The molecule has 16 heteroatoms. The first-order valence-corrected chi connectivity index (χ1v) is 16.2. The molecule has 11 nitrogen and oxygen atoms in total. The highest BCUT2D eigenvalue weighted by atomic mass is 19.4. The van der Waals surface area contributed by atoms with Crippen molar-refractivity contribution in [3.63, 3.8) is 0 Å². The number of carboxylic acid groups (broad SMARTS) is 1. The number of carboxylic acids is 1. The van der Waals surface area contributed by atoms with Gasteiger partial charge < -0.3 is 26.0 Å². The highest BCUT2D eigenvalue weighted by Crippen LogP contribution is 2.39. The maximum absolute atomic E-state index is 15.1. The average Bonchev–Trinajstić information content (AvgIpc) is 3.07. The molecule has 2 heterocycles. The molecule has 0 spiro atoms. The molecule has 0 aliphatic carbocycles. The summed E-state index contributed by atoms with van der Waals surface area (Å²) in [5, 5.41) is 16.0. The van der Waals surface area contributed by atoms with Crippen LogP contribution in [0.5, 0.6) is 0 Å². The first-order valence-electron chi connectivity index (χ1n) is 16.2. The Balaban J connectivity index is 0.000000785. The Morgan fingerprint density at radius 1 is 1.02 bits per heavy atom. The number of benzene rings is 3. The molecule has 1 aromatic heterocycles. The summed E-state index contributed by atoms with van der Waals surface area (Å²) in [6, 6.07) is 16.1. The van der Waals surface area contributed by atoms with Gasteiger partial charge in [-0.2, -0.15) is 18.2 Å². The summed E-state index contributed by atoms with van der Waals surface area (Å²) in [6.07, 6.45) is -5.08. The van der Waals surface area contributed by atoms with Crippen LogP contribution in [0.4, 0.5) is 49.9 Å². The van der Waals surface area contributed by atoms with Crippen molar-refractivity contribution in [1.82, 2.24) is 20.6 Å². The summed E-state index contributed by atoms with van der Waals surface area (Å²) in [5.74, 6) is -4.59. The fourth-order valence-electron chi connectivity index (χ4n) is 5.33. The lowest BCUT2D eigenvalue weighted by atomic mass is 9.97. The molecule has 3 aromatic carbocycles. The van der Waals surface area contributed by atoms with E-state index in [1.165, 1.54) is 6.07 Å². The largest absolute Gasteiger partial charge is 0.490 e. The van der Waals surface area contributed by atoms with E-state index in [1.54, 1.807) is 12.1 Å². The van der Waals surface area contributed by atoms with E-state index in [0.717, 1.165) is 40.4 Å². The van der Waals surface area contributed by atoms with Crippen molar-refractivity contribution in [2.75, 3.05) is 34.8 Å². The van der Waals surface area contributed by atoms with Gasteiger partial charge in [-0.1, -0.05) is 24.3 Å². The molecule has 0 fully saturated rings. The van der Waals surface area contributed by atoms with Gasteiger partial charge in [-0.25, -0.2) is 28.3 Å². The molecule has 3 amide bonds. The van der Waals surface area contributed by atoms with Gasteiger partial charge in [-0.15, -0.1) is 0 Å². The van der Waals surface area contributed by atoms with Gasteiger partial charge in [0.05, 0.1) is 12.2 Å². The number of fused-ring (bicyclic) bond motifs is 1. The van der Waals surface area contributed by atoms with Gasteiger partial charge in [-0.3, -0.25) is 4.79 Å². The number of aliphatic carboxylic acids is 1. The molecule has 1 aliphatic heterocycles. The second-order valence-electron chi connectivity index (χ2n) is 12.1. The molecule has 0 atom stereocenters.